The molecule has 110 valence electrons. The highest BCUT2D eigenvalue weighted by molar-refractivity contribution is 5.76. The summed E-state index contributed by atoms with van der Waals surface area (Å²) in [7, 11) is 0. The number of rotatable bonds is 5. The third-order valence-corrected chi connectivity index (χ3v) is 3.94. The fourth-order valence-electron chi connectivity index (χ4n) is 2.68. The maximum absolute atomic E-state index is 11.2. The number of aliphatic hydroxyl groups is 1. The lowest BCUT2D eigenvalue weighted by Gasteiger charge is -2.32. The standard InChI is InChI=1S/C15H23N3O2/c16-8-11-3-5-12(6-4-11)14(19)10-18-7-1-2-13(9-18)15(17)20/h3-6,13-14,19H,1-2,7-10,16H2,(H2,17,20). The lowest BCUT2D eigenvalue weighted by molar-refractivity contribution is -0.123. The number of amides is 1. The molecule has 1 saturated heterocycles. The Labute approximate surface area is 119 Å². The quantitative estimate of drug-likeness (QED) is 0.725. The summed E-state index contributed by atoms with van der Waals surface area (Å²) < 4.78 is 0. The van der Waals surface area contributed by atoms with Crippen LogP contribution in [-0.4, -0.2) is 35.5 Å². The van der Waals surface area contributed by atoms with Crippen LogP contribution in [0.25, 0.3) is 0 Å². The van der Waals surface area contributed by atoms with E-state index in [2.05, 4.69) is 4.90 Å². The first-order valence-electron chi connectivity index (χ1n) is 7.08. The first-order valence-corrected chi connectivity index (χ1v) is 7.08. The van der Waals surface area contributed by atoms with Crippen molar-refractivity contribution in [2.24, 2.45) is 17.4 Å². The van der Waals surface area contributed by atoms with Crippen molar-refractivity contribution in [3.05, 3.63) is 35.4 Å². The normalized spacial score (nSPS) is 21.6. The molecular formula is C15H23N3O2. The van der Waals surface area contributed by atoms with Gasteiger partial charge in [0.1, 0.15) is 0 Å². The first-order chi connectivity index (χ1) is 9.60. The number of β-amino-alcohol motifs (C(OH)–C–C–N with tert-alkyl or cyclic N) is 1. The average Bonchev–Trinajstić information content (AvgIpc) is 2.47. The molecule has 0 bridgehead atoms. The SMILES string of the molecule is NCc1ccc(C(O)CN2CCCC(C(N)=O)C2)cc1. The maximum Gasteiger partial charge on any atom is 0.221 e. The number of aliphatic hydroxyl groups excluding tert-OH is 1. The van der Waals surface area contributed by atoms with Gasteiger partial charge in [0.25, 0.3) is 0 Å². The van der Waals surface area contributed by atoms with Gasteiger partial charge in [-0.25, -0.2) is 0 Å². The molecule has 0 aliphatic carbocycles. The van der Waals surface area contributed by atoms with E-state index < -0.39 is 6.10 Å². The molecule has 5 N–H and O–H groups in total. The average molecular weight is 277 g/mol. The van der Waals surface area contributed by atoms with Crippen molar-refractivity contribution in [2.45, 2.75) is 25.5 Å². The lowest BCUT2D eigenvalue weighted by Crippen LogP contribution is -2.42. The fourth-order valence-corrected chi connectivity index (χ4v) is 2.68. The van der Waals surface area contributed by atoms with Crippen LogP contribution in [0.15, 0.2) is 24.3 Å². The van der Waals surface area contributed by atoms with Gasteiger partial charge in [-0.2, -0.15) is 0 Å². The van der Waals surface area contributed by atoms with Crippen molar-refractivity contribution in [1.82, 2.24) is 4.90 Å². The summed E-state index contributed by atoms with van der Waals surface area (Å²) in [5, 5.41) is 10.3. The zero-order chi connectivity index (χ0) is 14.5. The summed E-state index contributed by atoms with van der Waals surface area (Å²) in [4.78, 5) is 13.4. The van der Waals surface area contributed by atoms with Crippen LogP contribution in [0.2, 0.25) is 0 Å². The molecule has 1 fully saturated rings. The minimum atomic E-state index is -0.548. The number of hydrogen-bond acceptors (Lipinski definition) is 4. The van der Waals surface area contributed by atoms with Crippen molar-refractivity contribution in [3.8, 4) is 0 Å². The summed E-state index contributed by atoms with van der Waals surface area (Å²) in [6.45, 7) is 2.59. The van der Waals surface area contributed by atoms with Crippen LogP contribution in [0.3, 0.4) is 0 Å². The zero-order valence-corrected chi connectivity index (χ0v) is 11.7. The van der Waals surface area contributed by atoms with Gasteiger partial charge in [0.15, 0.2) is 0 Å². The molecule has 2 atom stereocenters. The topological polar surface area (TPSA) is 92.6 Å². The summed E-state index contributed by atoms with van der Waals surface area (Å²) in [5.74, 6) is -0.327. The summed E-state index contributed by atoms with van der Waals surface area (Å²) in [6, 6.07) is 7.67. The fraction of sp³-hybridized carbons (Fsp3) is 0.533. The maximum atomic E-state index is 11.2. The third kappa shape index (κ3) is 3.79. The Hall–Kier alpha value is -1.43. The Bertz CT molecular complexity index is 447. The number of carbonyl (C=O) groups is 1. The summed E-state index contributed by atoms with van der Waals surface area (Å²) >= 11 is 0. The van der Waals surface area contributed by atoms with E-state index in [1.54, 1.807) is 0 Å². The van der Waals surface area contributed by atoms with Gasteiger partial charge in [-0.05, 0) is 30.5 Å². The lowest BCUT2D eigenvalue weighted by atomic mass is 9.96. The molecule has 2 unspecified atom stereocenters. The zero-order valence-electron chi connectivity index (χ0n) is 11.7. The molecule has 5 heteroatoms. The second-order valence-corrected chi connectivity index (χ2v) is 5.46. The highest BCUT2D eigenvalue weighted by atomic mass is 16.3. The van der Waals surface area contributed by atoms with Crippen LogP contribution in [-0.2, 0) is 11.3 Å². The molecule has 1 aliphatic rings. The number of nitrogens with two attached hydrogens (primary N) is 2. The molecule has 5 nitrogen and oxygen atoms in total. The van der Waals surface area contributed by atoms with Crippen LogP contribution >= 0.6 is 0 Å². The van der Waals surface area contributed by atoms with E-state index >= 15 is 0 Å². The number of piperidine rings is 1. The second-order valence-electron chi connectivity index (χ2n) is 5.46. The van der Waals surface area contributed by atoms with Crippen molar-refractivity contribution < 1.29 is 9.90 Å². The van der Waals surface area contributed by atoms with Gasteiger partial charge < -0.3 is 16.6 Å². The van der Waals surface area contributed by atoms with E-state index in [1.807, 2.05) is 24.3 Å². The van der Waals surface area contributed by atoms with Crippen LogP contribution in [0.4, 0.5) is 0 Å². The molecule has 0 aromatic heterocycles. The Morgan fingerprint density at radius 3 is 2.70 bits per heavy atom. The molecule has 1 amide bonds. The van der Waals surface area contributed by atoms with Crippen LogP contribution < -0.4 is 11.5 Å². The van der Waals surface area contributed by atoms with E-state index in [4.69, 9.17) is 11.5 Å². The van der Waals surface area contributed by atoms with Gasteiger partial charge >= 0.3 is 0 Å². The number of carbonyl (C=O) groups excluding carboxylic acids is 1. The predicted molar refractivity (Wildman–Crippen MR) is 77.7 cm³/mol. The van der Waals surface area contributed by atoms with Crippen molar-refractivity contribution >= 4 is 5.91 Å². The molecule has 1 aliphatic heterocycles. The van der Waals surface area contributed by atoms with Gasteiger partial charge in [0.05, 0.1) is 12.0 Å². The van der Waals surface area contributed by atoms with Crippen LogP contribution in [0.5, 0.6) is 0 Å². The number of benzene rings is 1. The Balaban J connectivity index is 1.92. The van der Waals surface area contributed by atoms with Gasteiger partial charge in [-0.1, -0.05) is 24.3 Å². The monoisotopic (exact) mass is 277 g/mol. The van der Waals surface area contributed by atoms with Crippen molar-refractivity contribution in [2.75, 3.05) is 19.6 Å². The second kappa shape index (κ2) is 6.83. The molecule has 20 heavy (non-hydrogen) atoms. The molecule has 1 aromatic rings. The molecular weight excluding hydrogens is 254 g/mol. The largest absolute Gasteiger partial charge is 0.387 e. The Morgan fingerprint density at radius 2 is 2.10 bits per heavy atom. The smallest absolute Gasteiger partial charge is 0.221 e. The van der Waals surface area contributed by atoms with Crippen LogP contribution in [0.1, 0.15) is 30.1 Å². The number of primary amides is 1. The minimum Gasteiger partial charge on any atom is -0.387 e. The predicted octanol–water partition coefficient (Wildman–Crippen LogP) is 0.376. The van der Waals surface area contributed by atoms with E-state index in [0.717, 1.165) is 30.5 Å². The van der Waals surface area contributed by atoms with E-state index in [0.29, 0.717) is 19.6 Å². The number of hydrogen-bond donors (Lipinski definition) is 3. The molecule has 2 rings (SSSR count). The van der Waals surface area contributed by atoms with Gasteiger partial charge in [0.2, 0.25) is 5.91 Å². The van der Waals surface area contributed by atoms with Gasteiger partial charge in [0, 0.05) is 19.6 Å². The molecule has 0 radical (unpaired) electrons. The van der Waals surface area contributed by atoms with E-state index in [1.165, 1.54) is 0 Å². The summed E-state index contributed by atoms with van der Waals surface area (Å²) in [6.07, 6.45) is 1.26. The van der Waals surface area contributed by atoms with Gasteiger partial charge in [-0.15, -0.1) is 0 Å². The molecule has 0 saturated carbocycles. The highest BCUT2D eigenvalue weighted by Crippen LogP contribution is 2.20. The molecule has 1 aromatic carbocycles. The third-order valence-electron chi connectivity index (χ3n) is 3.94. The van der Waals surface area contributed by atoms with E-state index in [9.17, 15) is 9.90 Å². The summed E-state index contributed by atoms with van der Waals surface area (Å²) in [5.41, 5.74) is 12.8. The highest BCUT2D eigenvalue weighted by Gasteiger charge is 2.25. The minimum absolute atomic E-state index is 0.0874. The number of likely N-dealkylation sites (tertiary alicyclic amines) is 1. The van der Waals surface area contributed by atoms with Crippen LogP contribution in [0, 0.1) is 5.92 Å². The molecule has 0 spiro atoms. The first kappa shape index (κ1) is 15.0. The molecule has 1 heterocycles. The number of nitrogens with zero attached hydrogens (tertiary/aromatic N) is 1. The Morgan fingerprint density at radius 1 is 1.40 bits per heavy atom. The van der Waals surface area contributed by atoms with Crippen molar-refractivity contribution in [1.29, 1.82) is 0 Å². The van der Waals surface area contributed by atoms with Crippen molar-refractivity contribution in [3.63, 3.8) is 0 Å². The van der Waals surface area contributed by atoms with Gasteiger partial charge in [-0.3, -0.25) is 9.69 Å². The van der Waals surface area contributed by atoms with E-state index in [-0.39, 0.29) is 11.8 Å². The Kier molecular flexibility index (Phi) is 5.11.